The van der Waals surface area contributed by atoms with Gasteiger partial charge in [-0.3, -0.25) is 4.98 Å². The molecular weight excluding hydrogens is 220 g/mol. The van der Waals surface area contributed by atoms with Gasteiger partial charge in [0, 0.05) is 18.7 Å². The molecule has 1 atom stereocenters. The molecule has 0 saturated carbocycles. The summed E-state index contributed by atoms with van der Waals surface area (Å²) in [6.45, 7) is 1.89. The Morgan fingerprint density at radius 2 is 2.35 bits per heavy atom. The molecule has 2 rings (SSSR count). The highest BCUT2D eigenvalue weighted by atomic mass is 16.5. The van der Waals surface area contributed by atoms with Crippen molar-refractivity contribution in [2.45, 2.75) is 19.4 Å². The molecule has 2 aromatic heterocycles. The molecule has 2 heterocycles. The lowest BCUT2D eigenvalue weighted by Gasteiger charge is -2.02. The maximum absolute atomic E-state index is 5.67. The monoisotopic (exact) mass is 234 g/mol. The Hall–Kier alpha value is -1.95. The van der Waals surface area contributed by atoms with Gasteiger partial charge in [0.1, 0.15) is 5.75 Å². The van der Waals surface area contributed by atoms with Gasteiger partial charge in [-0.25, -0.2) is 0 Å². The molecule has 0 aliphatic heterocycles. The van der Waals surface area contributed by atoms with Crippen LogP contribution in [0, 0.1) is 0 Å². The molecule has 0 aromatic carbocycles. The molecule has 6 heteroatoms. The molecule has 0 bridgehead atoms. The number of nitrogens with two attached hydrogens (primary N) is 1. The molecule has 0 amide bonds. The number of hydrogen-bond acceptors (Lipinski definition) is 6. The molecular formula is C11H14N4O2. The summed E-state index contributed by atoms with van der Waals surface area (Å²) < 4.78 is 10.3. The molecule has 0 fully saturated rings. The molecule has 0 aliphatic rings. The van der Waals surface area contributed by atoms with Gasteiger partial charge in [-0.05, 0) is 13.0 Å². The Kier molecular flexibility index (Phi) is 3.34. The maximum atomic E-state index is 5.67. The Morgan fingerprint density at radius 1 is 1.53 bits per heavy atom. The first-order chi connectivity index (χ1) is 8.20. The number of methoxy groups -OCH3 is 1. The van der Waals surface area contributed by atoms with Crippen molar-refractivity contribution in [2.24, 2.45) is 5.73 Å². The highest BCUT2D eigenvalue weighted by Gasteiger charge is 2.14. The van der Waals surface area contributed by atoms with Crippen molar-refractivity contribution in [1.82, 2.24) is 15.1 Å². The van der Waals surface area contributed by atoms with E-state index in [0.29, 0.717) is 23.9 Å². The molecule has 0 saturated heterocycles. The van der Waals surface area contributed by atoms with Crippen LogP contribution < -0.4 is 10.5 Å². The van der Waals surface area contributed by atoms with Crippen molar-refractivity contribution in [3.05, 3.63) is 24.3 Å². The van der Waals surface area contributed by atoms with E-state index in [1.165, 1.54) is 0 Å². The van der Waals surface area contributed by atoms with Crippen LogP contribution in [-0.4, -0.2) is 28.3 Å². The fourth-order valence-electron chi connectivity index (χ4n) is 1.45. The van der Waals surface area contributed by atoms with E-state index in [1.54, 1.807) is 25.6 Å². The van der Waals surface area contributed by atoms with Gasteiger partial charge in [-0.2, -0.15) is 4.98 Å². The molecule has 90 valence electrons. The summed E-state index contributed by atoms with van der Waals surface area (Å²) in [5.41, 5.74) is 6.40. The third kappa shape index (κ3) is 2.59. The first-order valence-electron chi connectivity index (χ1n) is 5.27. The van der Waals surface area contributed by atoms with Crippen LogP contribution in [0.2, 0.25) is 0 Å². The van der Waals surface area contributed by atoms with E-state index in [-0.39, 0.29) is 6.04 Å². The normalized spacial score (nSPS) is 12.4. The lowest BCUT2D eigenvalue weighted by molar-refractivity contribution is 0.401. The number of ether oxygens (including phenoxy) is 1. The molecule has 1 unspecified atom stereocenters. The molecule has 0 aliphatic carbocycles. The summed E-state index contributed by atoms with van der Waals surface area (Å²) in [6.07, 6.45) is 3.83. The Bertz CT molecular complexity index is 496. The van der Waals surface area contributed by atoms with Crippen LogP contribution in [0.1, 0.15) is 12.7 Å². The van der Waals surface area contributed by atoms with Gasteiger partial charge in [0.15, 0.2) is 5.82 Å². The minimum absolute atomic E-state index is 0.000199. The summed E-state index contributed by atoms with van der Waals surface area (Å²) in [4.78, 5) is 8.23. The second kappa shape index (κ2) is 4.92. The number of hydrogen-bond donors (Lipinski definition) is 1. The van der Waals surface area contributed by atoms with Crippen LogP contribution in [0.5, 0.6) is 5.75 Å². The zero-order valence-corrected chi connectivity index (χ0v) is 9.75. The van der Waals surface area contributed by atoms with Crippen LogP contribution in [-0.2, 0) is 6.42 Å². The topological polar surface area (TPSA) is 87.1 Å². The third-order valence-corrected chi connectivity index (χ3v) is 2.21. The van der Waals surface area contributed by atoms with Crippen LogP contribution >= 0.6 is 0 Å². The zero-order chi connectivity index (χ0) is 12.3. The van der Waals surface area contributed by atoms with Crippen LogP contribution in [0.25, 0.3) is 11.5 Å². The lowest BCUT2D eigenvalue weighted by Crippen LogP contribution is -2.18. The molecule has 2 N–H and O–H groups in total. The molecule has 6 nitrogen and oxygen atoms in total. The van der Waals surface area contributed by atoms with Gasteiger partial charge in [-0.1, -0.05) is 5.16 Å². The highest BCUT2D eigenvalue weighted by Crippen LogP contribution is 2.26. The van der Waals surface area contributed by atoms with Crippen LogP contribution in [0.4, 0.5) is 0 Å². The molecule has 0 radical (unpaired) electrons. The summed E-state index contributed by atoms with van der Waals surface area (Å²) in [5.74, 6) is 1.61. The largest absolute Gasteiger partial charge is 0.494 e. The van der Waals surface area contributed by atoms with Gasteiger partial charge in [0.2, 0.25) is 0 Å². The number of pyridine rings is 1. The zero-order valence-electron chi connectivity index (χ0n) is 9.75. The summed E-state index contributed by atoms with van der Waals surface area (Å²) in [6, 6.07) is 1.77. The second-order valence-electron chi connectivity index (χ2n) is 3.77. The van der Waals surface area contributed by atoms with Crippen molar-refractivity contribution in [1.29, 1.82) is 0 Å². The minimum atomic E-state index is -0.000199. The fraction of sp³-hybridized carbons (Fsp3) is 0.364. The molecule has 0 spiro atoms. The predicted octanol–water partition coefficient (Wildman–Crippen LogP) is 1.03. The minimum Gasteiger partial charge on any atom is -0.494 e. The molecule has 17 heavy (non-hydrogen) atoms. The Morgan fingerprint density at radius 3 is 3.06 bits per heavy atom. The van der Waals surface area contributed by atoms with E-state index in [4.69, 9.17) is 15.0 Å². The van der Waals surface area contributed by atoms with E-state index in [2.05, 4.69) is 15.1 Å². The van der Waals surface area contributed by atoms with E-state index in [9.17, 15) is 0 Å². The second-order valence-corrected chi connectivity index (χ2v) is 3.77. The van der Waals surface area contributed by atoms with Crippen molar-refractivity contribution in [3.8, 4) is 17.2 Å². The first-order valence-corrected chi connectivity index (χ1v) is 5.27. The fourth-order valence-corrected chi connectivity index (χ4v) is 1.45. The van der Waals surface area contributed by atoms with Crippen molar-refractivity contribution < 1.29 is 9.26 Å². The number of nitrogens with zero attached hydrogens (tertiary/aromatic N) is 3. The third-order valence-electron chi connectivity index (χ3n) is 2.21. The van der Waals surface area contributed by atoms with Crippen molar-refractivity contribution >= 4 is 0 Å². The van der Waals surface area contributed by atoms with Gasteiger partial charge < -0.3 is 15.0 Å². The summed E-state index contributed by atoms with van der Waals surface area (Å²) >= 11 is 0. The highest BCUT2D eigenvalue weighted by molar-refractivity contribution is 5.61. The lowest BCUT2D eigenvalue weighted by atomic mass is 10.2. The van der Waals surface area contributed by atoms with E-state index in [0.717, 1.165) is 5.56 Å². The maximum Gasteiger partial charge on any atom is 0.261 e. The quantitative estimate of drug-likeness (QED) is 0.850. The van der Waals surface area contributed by atoms with Gasteiger partial charge in [0.05, 0.1) is 18.9 Å². The van der Waals surface area contributed by atoms with E-state index in [1.807, 2.05) is 6.92 Å². The van der Waals surface area contributed by atoms with Crippen LogP contribution in [0.15, 0.2) is 23.0 Å². The summed E-state index contributed by atoms with van der Waals surface area (Å²) in [7, 11) is 1.57. The predicted molar refractivity (Wildman–Crippen MR) is 61.4 cm³/mol. The van der Waals surface area contributed by atoms with Gasteiger partial charge in [0.25, 0.3) is 5.89 Å². The van der Waals surface area contributed by atoms with Crippen LogP contribution in [0.3, 0.4) is 0 Å². The Labute approximate surface area is 98.8 Å². The summed E-state index contributed by atoms with van der Waals surface area (Å²) in [5, 5.41) is 3.87. The van der Waals surface area contributed by atoms with Gasteiger partial charge in [-0.15, -0.1) is 0 Å². The van der Waals surface area contributed by atoms with E-state index >= 15 is 0 Å². The standard InChI is InChI=1S/C11H14N4O2/c1-7(12)5-10-14-11(17-15-10)8-3-4-13-6-9(8)16-2/h3-4,6-7H,5,12H2,1-2H3. The first kappa shape index (κ1) is 11.5. The van der Waals surface area contributed by atoms with Crippen molar-refractivity contribution in [3.63, 3.8) is 0 Å². The van der Waals surface area contributed by atoms with Crippen molar-refractivity contribution in [2.75, 3.05) is 7.11 Å². The number of rotatable bonds is 4. The molecule has 2 aromatic rings. The smallest absolute Gasteiger partial charge is 0.261 e. The van der Waals surface area contributed by atoms with E-state index < -0.39 is 0 Å². The Balaban J connectivity index is 2.30. The SMILES string of the molecule is COc1cnccc1-c1nc(CC(C)N)no1. The average Bonchev–Trinajstić information content (AvgIpc) is 2.76. The van der Waals surface area contributed by atoms with Gasteiger partial charge >= 0.3 is 0 Å². The number of aromatic nitrogens is 3. The average molecular weight is 234 g/mol.